The maximum absolute atomic E-state index is 5.79. The summed E-state index contributed by atoms with van der Waals surface area (Å²) in [6.07, 6.45) is 2.78. The number of hydrogen-bond donors (Lipinski definition) is 1. The van der Waals surface area contributed by atoms with Gasteiger partial charge in [-0.25, -0.2) is 4.98 Å². The number of nitrogen functional groups attached to an aromatic ring is 1. The van der Waals surface area contributed by atoms with Crippen molar-refractivity contribution >= 4 is 16.9 Å². The van der Waals surface area contributed by atoms with Gasteiger partial charge in [-0.05, 0) is 42.2 Å². The Balaban J connectivity index is 2.02. The molecule has 2 N–H and O–H groups in total. The number of anilines is 1. The maximum Gasteiger partial charge on any atom is 0.124 e. The largest absolute Gasteiger partial charge is 0.384 e. The number of hydrogen-bond acceptors (Lipinski definition) is 3. The van der Waals surface area contributed by atoms with E-state index in [0.29, 0.717) is 5.82 Å². The number of aryl methyl sites for hydroxylation is 1. The molecule has 0 fully saturated rings. The van der Waals surface area contributed by atoms with E-state index in [9.17, 15) is 0 Å². The summed E-state index contributed by atoms with van der Waals surface area (Å²) in [6.45, 7) is 2.00. The van der Waals surface area contributed by atoms with E-state index < -0.39 is 0 Å². The van der Waals surface area contributed by atoms with Crippen LogP contribution in [0, 0.1) is 6.92 Å². The number of fused-ring (bicyclic) bond motifs is 1. The first-order valence-corrected chi connectivity index (χ1v) is 6.28. The predicted molar refractivity (Wildman–Crippen MR) is 77.9 cm³/mol. The van der Waals surface area contributed by atoms with Crippen LogP contribution in [-0.2, 0) is 6.42 Å². The van der Waals surface area contributed by atoms with Gasteiger partial charge < -0.3 is 5.73 Å². The van der Waals surface area contributed by atoms with E-state index in [1.54, 1.807) is 0 Å². The van der Waals surface area contributed by atoms with E-state index in [1.165, 1.54) is 5.56 Å². The minimum absolute atomic E-state index is 0.545. The molecule has 0 aliphatic carbocycles. The fourth-order valence-corrected chi connectivity index (χ4v) is 2.27. The second-order valence-corrected chi connectivity index (χ2v) is 4.74. The monoisotopic (exact) mass is 249 g/mol. The molecule has 0 atom stereocenters. The Kier molecular flexibility index (Phi) is 2.88. The van der Waals surface area contributed by atoms with Crippen molar-refractivity contribution in [3.63, 3.8) is 0 Å². The summed E-state index contributed by atoms with van der Waals surface area (Å²) in [6, 6.07) is 14.3. The van der Waals surface area contributed by atoms with Crippen LogP contribution < -0.4 is 5.73 Å². The first-order valence-electron chi connectivity index (χ1n) is 6.28. The van der Waals surface area contributed by atoms with Crippen LogP contribution in [0.15, 0.2) is 48.7 Å². The molecule has 19 heavy (non-hydrogen) atoms. The average Bonchev–Trinajstić information content (AvgIpc) is 2.39. The van der Waals surface area contributed by atoms with Crippen molar-refractivity contribution in [3.8, 4) is 0 Å². The van der Waals surface area contributed by atoms with Crippen LogP contribution in [0.25, 0.3) is 11.0 Å². The van der Waals surface area contributed by atoms with Gasteiger partial charge in [0.25, 0.3) is 0 Å². The Morgan fingerprint density at radius 2 is 1.84 bits per heavy atom. The highest BCUT2D eigenvalue weighted by molar-refractivity contribution is 5.79. The molecule has 2 heterocycles. The third-order valence-electron chi connectivity index (χ3n) is 3.16. The molecule has 0 radical (unpaired) electrons. The maximum atomic E-state index is 5.79. The molecule has 3 nitrogen and oxygen atoms in total. The molecule has 0 saturated carbocycles. The van der Waals surface area contributed by atoms with E-state index in [-0.39, 0.29) is 0 Å². The lowest BCUT2D eigenvalue weighted by atomic mass is 10.1. The highest BCUT2D eigenvalue weighted by atomic mass is 14.9. The minimum Gasteiger partial charge on any atom is -0.384 e. The van der Waals surface area contributed by atoms with Crippen LogP contribution in [0.5, 0.6) is 0 Å². The second-order valence-electron chi connectivity index (χ2n) is 4.74. The average molecular weight is 249 g/mol. The molecule has 2 aromatic heterocycles. The Morgan fingerprint density at radius 1 is 1.05 bits per heavy atom. The zero-order chi connectivity index (χ0) is 13.2. The van der Waals surface area contributed by atoms with Gasteiger partial charge in [-0.1, -0.05) is 30.3 Å². The predicted octanol–water partition coefficient (Wildman–Crippen LogP) is 3.11. The molecule has 0 bridgehead atoms. The molecule has 0 unspecified atom stereocenters. The van der Waals surface area contributed by atoms with E-state index in [0.717, 1.165) is 28.6 Å². The lowest BCUT2D eigenvalue weighted by Crippen LogP contribution is -1.96. The van der Waals surface area contributed by atoms with Crippen molar-refractivity contribution in [3.05, 3.63) is 65.4 Å². The van der Waals surface area contributed by atoms with Gasteiger partial charge in [0, 0.05) is 6.20 Å². The molecule has 3 heteroatoms. The lowest BCUT2D eigenvalue weighted by Gasteiger charge is -2.06. The van der Waals surface area contributed by atoms with Crippen LogP contribution in [0.2, 0.25) is 0 Å². The molecule has 0 aliphatic rings. The van der Waals surface area contributed by atoms with Gasteiger partial charge in [0.1, 0.15) is 5.82 Å². The van der Waals surface area contributed by atoms with Gasteiger partial charge in [-0.2, -0.15) is 0 Å². The standard InChI is InChI=1S/C16H15N3/c1-11-7-15(17)19-14-9-13(10-18-16(11)14)8-12-5-3-2-4-6-12/h2-7,9-10H,8H2,1H3,(H2,17,19). The number of aromatic nitrogens is 2. The number of benzene rings is 1. The van der Waals surface area contributed by atoms with Gasteiger partial charge in [0.15, 0.2) is 0 Å². The van der Waals surface area contributed by atoms with Crippen molar-refractivity contribution < 1.29 is 0 Å². The molecule has 3 aromatic rings. The van der Waals surface area contributed by atoms with Crippen molar-refractivity contribution in [2.45, 2.75) is 13.3 Å². The summed E-state index contributed by atoms with van der Waals surface area (Å²) in [4.78, 5) is 8.85. The molecule has 94 valence electrons. The highest BCUT2D eigenvalue weighted by Crippen LogP contribution is 2.19. The van der Waals surface area contributed by atoms with Crippen molar-refractivity contribution in [2.75, 3.05) is 5.73 Å². The van der Waals surface area contributed by atoms with Gasteiger partial charge in [0.2, 0.25) is 0 Å². The molecule has 3 rings (SSSR count). The summed E-state index contributed by atoms with van der Waals surface area (Å²) in [5.41, 5.74) is 11.1. The SMILES string of the molecule is Cc1cc(N)nc2cc(Cc3ccccc3)cnc12. The molecule has 0 aliphatic heterocycles. The summed E-state index contributed by atoms with van der Waals surface area (Å²) < 4.78 is 0. The zero-order valence-electron chi connectivity index (χ0n) is 10.8. The fraction of sp³-hybridized carbons (Fsp3) is 0.125. The second kappa shape index (κ2) is 4.69. The quantitative estimate of drug-likeness (QED) is 0.759. The minimum atomic E-state index is 0.545. The number of pyridine rings is 2. The van der Waals surface area contributed by atoms with Crippen molar-refractivity contribution in [1.82, 2.24) is 9.97 Å². The van der Waals surface area contributed by atoms with E-state index in [4.69, 9.17) is 5.73 Å². The molecule has 1 aromatic carbocycles. The Labute approximate surface area is 112 Å². The van der Waals surface area contributed by atoms with E-state index in [2.05, 4.69) is 28.2 Å². The Morgan fingerprint density at radius 3 is 2.63 bits per heavy atom. The summed E-state index contributed by atoms with van der Waals surface area (Å²) in [5.74, 6) is 0.545. The summed E-state index contributed by atoms with van der Waals surface area (Å²) in [5, 5.41) is 0. The van der Waals surface area contributed by atoms with Crippen LogP contribution >= 0.6 is 0 Å². The van der Waals surface area contributed by atoms with Crippen molar-refractivity contribution in [1.29, 1.82) is 0 Å². The third kappa shape index (κ3) is 2.40. The molecule has 0 saturated heterocycles. The van der Waals surface area contributed by atoms with Crippen molar-refractivity contribution in [2.24, 2.45) is 0 Å². The van der Waals surface area contributed by atoms with Gasteiger partial charge >= 0.3 is 0 Å². The Bertz CT molecular complexity index is 721. The first-order chi connectivity index (χ1) is 9.22. The number of nitrogens with zero attached hydrogens (tertiary/aromatic N) is 2. The third-order valence-corrected chi connectivity index (χ3v) is 3.16. The van der Waals surface area contributed by atoms with E-state index in [1.807, 2.05) is 37.4 Å². The summed E-state index contributed by atoms with van der Waals surface area (Å²) >= 11 is 0. The highest BCUT2D eigenvalue weighted by Gasteiger charge is 2.04. The van der Waals surface area contributed by atoms with Crippen LogP contribution in [0.1, 0.15) is 16.7 Å². The summed E-state index contributed by atoms with van der Waals surface area (Å²) in [7, 11) is 0. The lowest BCUT2D eigenvalue weighted by molar-refractivity contribution is 1.16. The van der Waals surface area contributed by atoms with Crippen LogP contribution in [-0.4, -0.2) is 9.97 Å². The van der Waals surface area contributed by atoms with Gasteiger partial charge in [-0.15, -0.1) is 0 Å². The van der Waals surface area contributed by atoms with Crippen LogP contribution in [0.4, 0.5) is 5.82 Å². The normalized spacial score (nSPS) is 10.8. The first kappa shape index (κ1) is 11.7. The topological polar surface area (TPSA) is 51.8 Å². The van der Waals surface area contributed by atoms with E-state index >= 15 is 0 Å². The molecule has 0 amide bonds. The van der Waals surface area contributed by atoms with Gasteiger partial charge in [-0.3, -0.25) is 4.98 Å². The smallest absolute Gasteiger partial charge is 0.124 e. The number of rotatable bonds is 2. The van der Waals surface area contributed by atoms with Crippen LogP contribution in [0.3, 0.4) is 0 Å². The number of nitrogens with two attached hydrogens (primary N) is 1. The fourth-order valence-electron chi connectivity index (χ4n) is 2.27. The van der Waals surface area contributed by atoms with Gasteiger partial charge in [0.05, 0.1) is 11.0 Å². The molecular weight excluding hydrogens is 234 g/mol. The molecular formula is C16H15N3. The zero-order valence-corrected chi connectivity index (χ0v) is 10.8. The Hall–Kier alpha value is -2.42. The molecule has 0 spiro atoms.